The molecule has 19 heavy (non-hydrogen) atoms. The first-order valence-electron chi connectivity index (χ1n) is 6.16. The molecule has 1 aromatic heterocycles. The van der Waals surface area contributed by atoms with Gasteiger partial charge < -0.3 is 5.43 Å². The number of nitrogens with two attached hydrogens (primary N) is 1. The Hall–Kier alpha value is -2.14. The van der Waals surface area contributed by atoms with Gasteiger partial charge in [-0.25, -0.2) is 10.5 Å². The summed E-state index contributed by atoms with van der Waals surface area (Å²) in [4.78, 5) is 4.53. The van der Waals surface area contributed by atoms with Gasteiger partial charge in [0.1, 0.15) is 5.84 Å². The van der Waals surface area contributed by atoms with Crippen molar-refractivity contribution in [2.75, 3.05) is 0 Å². The molecular formula is C14H19N5. The lowest BCUT2D eigenvalue weighted by atomic mass is 10.1. The minimum absolute atomic E-state index is 0.198. The average Bonchev–Trinajstić information content (AvgIpc) is 2.85. The quantitative estimate of drug-likeness (QED) is 0.373. The van der Waals surface area contributed by atoms with Gasteiger partial charge in [0.15, 0.2) is 0 Å². The van der Waals surface area contributed by atoms with Crippen molar-refractivity contribution >= 4 is 5.84 Å². The predicted molar refractivity (Wildman–Crippen MR) is 77.2 cm³/mol. The Balaban J connectivity index is 2.33. The van der Waals surface area contributed by atoms with Gasteiger partial charge in [-0.2, -0.15) is 5.10 Å². The number of rotatable bonds is 2. The molecule has 2 aromatic rings. The Kier molecular flexibility index (Phi) is 3.66. The maximum Gasteiger partial charge on any atom is 0.146 e. The van der Waals surface area contributed by atoms with Crippen molar-refractivity contribution in [3.05, 3.63) is 48.3 Å². The third-order valence-corrected chi connectivity index (χ3v) is 2.46. The molecule has 0 saturated carbocycles. The largest absolute Gasteiger partial charge is 0.308 e. The topological polar surface area (TPSA) is 68.2 Å². The third kappa shape index (κ3) is 3.42. The van der Waals surface area contributed by atoms with E-state index in [9.17, 15) is 0 Å². The lowest BCUT2D eigenvalue weighted by Crippen LogP contribution is -2.33. The molecule has 0 spiro atoms. The molecule has 0 atom stereocenters. The first kappa shape index (κ1) is 13.3. The number of para-hydroxylation sites is 1. The van der Waals surface area contributed by atoms with Crippen LogP contribution in [0.5, 0.6) is 0 Å². The maximum atomic E-state index is 5.54. The maximum absolute atomic E-state index is 5.54. The second-order valence-electron chi connectivity index (χ2n) is 5.28. The second-order valence-corrected chi connectivity index (χ2v) is 5.28. The zero-order chi connectivity index (χ0) is 13.9. The lowest BCUT2D eigenvalue weighted by Gasteiger charge is -2.14. The van der Waals surface area contributed by atoms with Gasteiger partial charge in [0.2, 0.25) is 0 Å². The standard InChI is InChI=1S/C14H19N5/c1-14(2,3)17-13(18-15)11-9-16-19(10-11)12-7-5-4-6-8-12/h4-10H,15H2,1-3H3,(H,17,18). The van der Waals surface area contributed by atoms with Gasteiger partial charge in [0.25, 0.3) is 0 Å². The Morgan fingerprint density at radius 1 is 1.26 bits per heavy atom. The van der Waals surface area contributed by atoms with Crippen LogP contribution in [-0.4, -0.2) is 21.2 Å². The van der Waals surface area contributed by atoms with E-state index in [4.69, 9.17) is 5.84 Å². The summed E-state index contributed by atoms with van der Waals surface area (Å²) in [6.45, 7) is 6.06. The minimum Gasteiger partial charge on any atom is -0.308 e. The fourth-order valence-electron chi connectivity index (χ4n) is 1.68. The number of hydrazine groups is 1. The first-order chi connectivity index (χ1) is 8.99. The van der Waals surface area contributed by atoms with Crippen molar-refractivity contribution in [3.8, 4) is 5.69 Å². The highest BCUT2D eigenvalue weighted by atomic mass is 15.3. The molecule has 0 saturated heterocycles. The second kappa shape index (κ2) is 5.24. The van der Waals surface area contributed by atoms with Gasteiger partial charge in [-0.15, -0.1) is 0 Å². The highest BCUT2D eigenvalue weighted by molar-refractivity contribution is 5.98. The Labute approximate surface area is 113 Å². The van der Waals surface area contributed by atoms with Crippen LogP contribution < -0.4 is 11.3 Å². The zero-order valence-corrected chi connectivity index (χ0v) is 11.5. The van der Waals surface area contributed by atoms with Crippen LogP contribution in [-0.2, 0) is 0 Å². The van der Waals surface area contributed by atoms with E-state index in [-0.39, 0.29) is 5.54 Å². The third-order valence-electron chi connectivity index (χ3n) is 2.46. The van der Waals surface area contributed by atoms with Gasteiger partial charge in [0.05, 0.1) is 23.0 Å². The number of benzene rings is 1. The molecule has 0 aliphatic rings. The molecule has 1 heterocycles. The van der Waals surface area contributed by atoms with Crippen LogP contribution in [0.2, 0.25) is 0 Å². The molecule has 0 radical (unpaired) electrons. The molecular weight excluding hydrogens is 238 g/mol. The SMILES string of the molecule is CC(C)(C)N=C(NN)c1cnn(-c2ccccc2)c1. The molecule has 100 valence electrons. The van der Waals surface area contributed by atoms with Crippen LogP contribution >= 0.6 is 0 Å². The van der Waals surface area contributed by atoms with Gasteiger partial charge in [-0.1, -0.05) is 18.2 Å². The number of nitrogens with zero attached hydrogens (tertiary/aromatic N) is 3. The summed E-state index contributed by atoms with van der Waals surface area (Å²) in [6, 6.07) is 9.91. The number of hydrogen-bond donors (Lipinski definition) is 2. The van der Waals surface area contributed by atoms with Crippen LogP contribution in [0.4, 0.5) is 0 Å². The van der Waals surface area contributed by atoms with Crippen molar-refractivity contribution < 1.29 is 0 Å². The molecule has 0 amide bonds. The molecule has 3 N–H and O–H groups in total. The van der Waals surface area contributed by atoms with Gasteiger partial charge in [0, 0.05) is 6.20 Å². The van der Waals surface area contributed by atoms with E-state index in [1.54, 1.807) is 10.9 Å². The van der Waals surface area contributed by atoms with Gasteiger partial charge >= 0.3 is 0 Å². The number of amidine groups is 1. The molecule has 0 aliphatic carbocycles. The van der Waals surface area contributed by atoms with E-state index in [0.29, 0.717) is 5.84 Å². The Morgan fingerprint density at radius 3 is 2.53 bits per heavy atom. The molecule has 1 aromatic carbocycles. The van der Waals surface area contributed by atoms with Gasteiger partial charge in [-0.3, -0.25) is 4.99 Å². The van der Waals surface area contributed by atoms with E-state index in [0.717, 1.165) is 11.3 Å². The molecule has 2 rings (SSSR count). The first-order valence-corrected chi connectivity index (χ1v) is 6.16. The monoisotopic (exact) mass is 257 g/mol. The Bertz CT molecular complexity index is 563. The Morgan fingerprint density at radius 2 is 1.95 bits per heavy atom. The summed E-state index contributed by atoms with van der Waals surface area (Å²) in [5, 5.41) is 4.33. The summed E-state index contributed by atoms with van der Waals surface area (Å²) >= 11 is 0. The van der Waals surface area contributed by atoms with Crippen LogP contribution in [0.3, 0.4) is 0 Å². The van der Waals surface area contributed by atoms with Crippen LogP contribution in [0, 0.1) is 0 Å². The van der Waals surface area contributed by atoms with E-state index in [2.05, 4.69) is 15.5 Å². The zero-order valence-electron chi connectivity index (χ0n) is 11.5. The summed E-state index contributed by atoms with van der Waals surface area (Å²) in [5.41, 5.74) is 4.30. The van der Waals surface area contributed by atoms with Crippen molar-refractivity contribution in [2.45, 2.75) is 26.3 Å². The van der Waals surface area contributed by atoms with Crippen molar-refractivity contribution in [3.63, 3.8) is 0 Å². The highest BCUT2D eigenvalue weighted by Crippen LogP contribution is 2.11. The van der Waals surface area contributed by atoms with E-state index < -0.39 is 0 Å². The smallest absolute Gasteiger partial charge is 0.146 e. The molecule has 0 unspecified atom stereocenters. The molecule has 5 heteroatoms. The number of hydrogen-bond acceptors (Lipinski definition) is 3. The van der Waals surface area contributed by atoms with Crippen molar-refractivity contribution in [1.29, 1.82) is 0 Å². The number of nitrogens with one attached hydrogen (secondary N) is 1. The van der Waals surface area contributed by atoms with E-state index in [1.165, 1.54) is 0 Å². The number of aromatic nitrogens is 2. The van der Waals surface area contributed by atoms with Crippen molar-refractivity contribution in [2.24, 2.45) is 10.8 Å². The summed E-state index contributed by atoms with van der Waals surface area (Å²) < 4.78 is 1.80. The van der Waals surface area contributed by atoms with Crippen LogP contribution in [0.25, 0.3) is 5.69 Å². The fraction of sp³-hybridized carbons (Fsp3) is 0.286. The van der Waals surface area contributed by atoms with Crippen LogP contribution in [0.15, 0.2) is 47.7 Å². The summed E-state index contributed by atoms with van der Waals surface area (Å²) in [7, 11) is 0. The van der Waals surface area contributed by atoms with Crippen molar-refractivity contribution in [1.82, 2.24) is 15.2 Å². The average molecular weight is 257 g/mol. The molecule has 0 fully saturated rings. The predicted octanol–water partition coefficient (Wildman–Crippen LogP) is 1.88. The molecule has 0 bridgehead atoms. The highest BCUT2D eigenvalue weighted by Gasteiger charge is 2.12. The van der Waals surface area contributed by atoms with Gasteiger partial charge in [-0.05, 0) is 32.9 Å². The van der Waals surface area contributed by atoms with E-state index >= 15 is 0 Å². The summed E-state index contributed by atoms with van der Waals surface area (Å²) in [5.74, 6) is 6.18. The van der Waals surface area contributed by atoms with E-state index in [1.807, 2.05) is 57.3 Å². The fourth-order valence-corrected chi connectivity index (χ4v) is 1.68. The molecule has 5 nitrogen and oxygen atoms in total. The van der Waals surface area contributed by atoms with Crippen LogP contribution in [0.1, 0.15) is 26.3 Å². The normalized spacial score (nSPS) is 12.5. The lowest BCUT2D eigenvalue weighted by molar-refractivity contribution is 0.580. The molecule has 0 aliphatic heterocycles. The summed E-state index contributed by atoms with van der Waals surface area (Å²) in [6.07, 6.45) is 3.65. The minimum atomic E-state index is -0.198. The number of aliphatic imine (C=N–C) groups is 1.